The number of rotatable bonds is 2. The van der Waals surface area contributed by atoms with E-state index in [2.05, 4.69) is 9.97 Å². The van der Waals surface area contributed by atoms with E-state index < -0.39 is 0 Å². The van der Waals surface area contributed by atoms with Gasteiger partial charge in [0.15, 0.2) is 11.5 Å². The first-order chi connectivity index (χ1) is 9.72. The summed E-state index contributed by atoms with van der Waals surface area (Å²) in [7, 11) is 0. The molecule has 0 atom stereocenters. The highest BCUT2D eigenvalue weighted by molar-refractivity contribution is 7.99. The fraction of sp³-hybridized carbons (Fsp3) is 0.286. The van der Waals surface area contributed by atoms with Crippen LogP contribution < -0.4 is 9.47 Å². The van der Waals surface area contributed by atoms with Gasteiger partial charge in [0.1, 0.15) is 5.03 Å². The standard InChI is InChI=1S/C14H13ClN2O2S/c1-9-8-16-14(15)17-13(9)20-10-3-4-11-12(7-10)19-6-2-5-18-11/h3-4,7-8H,2,5-6H2,1H3. The molecule has 6 heteroatoms. The topological polar surface area (TPSA) is 44.2 Å². The highest BCUT2D eigenvalue weighted by atomic mass is 35.5. The molecular formula is C14H13ClN2O2S. The van der Waals surface area contributed by atoms with E-state index >= 15 is 0 Å². The van der Waals surface area contributed by atoms with Crippen LogP contribution in [-0.2, 0) is 0 Å². The SMILES string of the molecule is Cc1cnc(Cl)nc1Sc1ccc2c(c1)OCCCO2. The summed E-state index contributed by atoms with van der Waals surface area (Å²) in [5.74, 6) is 1.58. The van der Waals surface area contributed by atoms with Crippen LogP contribution in [0.2, 0.25) is 5.28 Å². The Morgan fingerprint density at radius 3 is 2.85 bits per heavy atom. The molecule has 1 aromatic carbocycles. The maximum absolute atomic E-state index is 5.84. The van der Waals surface area contributed by atoms with Gasteiger partial charge in [-0.15, -0.1) is 0 Å². The zero-order valence-corrected chi connectivity index (χ0v) is 12.5. The third-order valence-corrected chi connectivity index (χ3v) is 4.11. The minimum absolute atomic E-state index is 0.257. The van der Waals surface area contributed by atoms with Gasteiger partial charge in [0.05, 0.1) is 13.2 Å². The lowest BCUT2D eigenvalue weighted by atomic mass is 10.3. The molecule has 3 rings (SSSR count). The Kier molecular flexibility index (Phi) is 3.98. The Bertz CT molecular complexity index is 637. The lowest BCUT2D eigenvalue weighted by molar-refractivity contribution is 0.297. The van der Waals surface area contributed by atoms with Crippen molar-refractivity contribution in [3.8, 4) is 11.5 Å². The predicted molar refractivity (Wildman–Crippen MR) is 78.0 cm³/mol. The molecule has 1 aliphatic heterocycles. The van der Waals surface area contributed by atoms with E-state index in [9.17, 15) is 0 Å². The minimum Gasteiger partial charge on any atom is -0.490 e. The molecular weight excluding hydrogens is 296 g/mol. The van der Waals surface area contributed by atoms with Crippen molar-refractivity contribution in [3.63, 3.8) is 0 Å². The van der Waals surface area contributed by atoms with Crippen LogP contribution in [0.25, 0.3) is 0 Å². The van der Waals surface area contributed by atoms with Crippen LogP contribution in [0.1, 0.15) is 12.0 Å². The Morgan fingerprint density at radius 1 is 1.20 bits per heavy atom. The molecule has 0 spiro atoms. The first kappa shape index (κ1) is 13.5. The third-order valence-electron chi connectivity index (χ3n) is 2.83. The molecule has 1 aliphatic rings. The first-order valence-electron chi connectivity index (χ1n) is 6.29. The van der Waals surface area contributed by atoms with Crippen LogP contribution in [-0.4, -0.2) is 23.2 Å². The minimum atomic E-state index is 0.257. The molecule has 20 heavy (non-hydrogen) atoms. The summed E-state index contributed by atoms with van der Waals surface area (Å²) >= 11 is 7.38. The normalized spacial score (nSPS) is 13.9. The van der Waals surface area contributed by atoms with Crippen LogP contribution in [0.5, 0.6) is 11.5 Å². The second-order valence-electron chi connectivity index (χ2n) is 4.39. The fourth-order valence-electron chi connectivity index (χ4n) is 1.83. The van der Waals surface area contributed by atoms with Crippen molar-refractivity contribution in [2.45, 2.75) is 23.3 Å². The monoisotopic (exact) mass is 308 g/mol. The van der Waals surface area contributed by atoms with E-state index in [0.29, 0.717) is 13.2 Å². The van der Waals surface area contributed by atoms with E-state index in [1.807, 2.05) is 25.1 Å². The van der Waals surface area contributed by atoms with E-state index in [1.165, 1.54) is 11.8 Å². The molecule has 2 aromatic rings. The Balaban J connectivity index is 1.87. The van der Waals surface area contributed by atoms with Crippen molar-refractivity contribution < 1.29 is 9.47 Å². The van der Waals surface area contributed by atoms with Crippen LogP contribution in [0.3, 0.4) is 0 Å². The van der Waals surface area contributed by atoms with Crippen LogP contribution >= 0.6 is 23.4 Å². The summed E-state index contributed by atoms with van der Waals surface area (Å²) in [6.07, 6.45) is 2.62. The summed E-state index contributed by atoms with van der Waals surface area (Å²) in [5, 5.41) is 1.10. The zero-order chi connectivity index (χ0) is 13.9. The summed E-state index contributed by atoms with van der Waals surface area (Å²) in [4.78, 5) is 9.24. The molecule has 1 aromatic heterocycles. The summed E-state index contributed by atoms with van der Waals surface area (Å²) in [6.45, 7) is 3.33. The Labute approximate surface area is 126 Å². The van der Waals surface area contributed by atoms with Crippen LogP contribution in [0.4, 0.5) is 0 Å². The van der Waals surface area contributed by atoms with E-state index in [0.717, 1.165) is 33.4 Å². The molecule has 4 nitrogen and oxygen atoms in total. The molecule has 0 N–H and O–H groups in total. The summed E-state index contributed by atoms with van der Waals surface area (Å²) < 4.78 is 11.3. The maximum Gasteiger partial charge on any atom is 0.223 e. The number of benzene rings is 1. The quantitative estimate of drug-likeness (QED) is 0.624. The lowest BCUT2D eigenvalue weighted by Crippen LogP contribution is -1.97. The van der Waals surface area contributed by atoms with Gasteiger partial charge in [-0.1, -0.05) is 11.8 Å². The molecule has 0 unspecified atom stereocenters. The molecule has 0 fully saturated rings. The highest BCUT2D eigenvalue weighted by Crippen LogP contribution is 2.36. The molecule has 0 radical (unpaired) electrons. The second kappa shape index (κ2) is 5.89. The molecule has 104 valence electrons. The van der Waals surface area contributed by atoms with Crippen molar-refractivity contribution >= 4 is 23.4 Å². The maximum atomic E-state index is 5.84. The van der Waals surface area contributed by atoms with E-state index in [4.69, 9.17) is 21.1 Å². The number of ether oxygens (including phenoxy) is 2. The second-order valence-corrected chi connectivity index (χ2v) is 5.79. The molecule has 2 heterocycles. The molecule has 0 saturated heterocycles. The van der Waals surface area contributed by atoms with Crippen molar-refractivity contribution in [2.75, 3.05) is 13.2 Å². The van der Waals surface area contributed by atoms with E-state index in [1.54, 1.807) is 6.20 Å². The molecule has 0 amide bonds. The average Bonchev–Trinajstić information content (AvgIpc) is 2.67. The predicted octanol–water partition coefficient (Wildman–Crippen LogP) is 3.75. The van der Waals surface area contributed by atoms with Gasteiger partial charge < -0.3 is 9.47 Å². The van der Waals surface area contributed by atoms with Crippen molar-refractivity contribution in [3.05, 3.63) is 35.2 Å². The molecule has 0 aliphatic carbocycles. The number of halogens is 1. The van der Waals surface area contributed by atoms with Gasteiger partial charge in [0.2, 0.25) is 5.28 Å². The van der Waals surface area contributed by atoms with Crippen molar-refractivity contribution in [1.29, 1.82) is 0 Å². The Morgan fingerprint density at radius 2 is 2.00 bits per heavy atom. The van der Waals surface area contributed by atoms with Crippen LogP contribution in [0.15, 0.2) is 34.3 Å². The largest absolute Gasteiger partial charge is 0.490 e. The number of hydrogen-bond acceptors (Lipinski definition) is 5. The zero-order valence-electron chi connectivity index (χ0n) is 10.9. The molecule has 0 saturated carbocycles. The summed E-state index contributed by atoms with van der Waals surface area (Å²) in [5.41, 5.74) is 0.992. The molecule has 0 bridgehead atoms. The van der Waals surface area contributed by atoms with Gasteiger partial charge in [-0.05, 0) is 36.7 Å². The smallest absolute Gasteiger partial charge is 0.223 e. The number of aromatic nitrogens is 2. The van der Waals surface area contributed by atoms with Gasteiger partial charge in [0.25, 0.3) is 0 Å². The van der Waals surface area contributed by atoms with Crippen molar-refractivity contribution in [2.24, 2.45) is 0 Å². The van der Waals surface area contributed by atoms with E-state index in [-0.39, 0.29) is 5.28 Å². The average molecular weight is 309 g/mol. The third kappa shape index (κ3) is 2.99. The highest BCUT2D eigenvalue weighted by Gasteiger charge is 2.12. The first-order valence-corrected chi connectivity index (χ1v) is 7.48. The number of hydrogen-bond donors (Lipinski definition) is 0. The fourth-order valence-corrected chi connectivity index (χ4v) is 2.88. The van der Waals surface area contributed by atoms with Crippen molar-refractivity contribution in [1.82, 2.24) is 9.97 Å². The Hall–Kier alpha value is -1.46. The number of aryl methyl sites for hydroxylation is 1. The van der Waals surface area contributed by atoms with Crippen LogP contribution in [0, 0.1) is 6.92 Å². The summed E-state index contributed by atoms with van der Waals surface area (Å²) in [6, 6.07) is 5.90. The van der Waals surface area contributed by atoms with Gasteiger partial charge >= 0.3 is 0 Å². The lowest BCUT2D eigenvalue weighted by Gasteiger charge is -2.09. The van der Waals surface area contributed by atoms with Gasteiger partial charge in [-0.2, -0.15) is 0 Å². The van der Waals surface area contributed by atoms with Gasteiger partial charge in [-0.25, -0.2) is 9.97 Å². The van der Waals surface area contributed by atoms with Gasteiger partial charge in [0, 0.05) is 23.1 Å². The number of nitrogens with zero attached hydrogens (tertiary/aromatic N) is 2. The number of fused-ring (bicyclic) bond motifs is 1. The van der Waals surface area contributed by atoms with Gasteiger partial charge in [-0.3, -0.25) is 0 Å².